The highest BCUT2D eigenvalue weighted by Gasteiger charge is 2.45. The summed E-state index contributed by atoms with van der Waals surface area (Å²) in [7, 11) is -5.74. The van der Waals surface area contributed by atoms with Crippen molar-refractivity contribution in [1.82, 2.24) is 0 Å². The van der Waals surface area contributed by atoms with Crippen LogP contribution in [0.5, 0.6) is 0 Å². The average Bonchev–Trinajstić information content (AvgIpc) is 2.74. The number of esters is 1. The van der Waals surface area contributed by atoms with E-state index in [1.165, 1.54) is 18.2 Å². The van der Waals surface area contributed by atoms with Gasteiger partial charge in [0.15, 0.2) is 6.61 Å². The van der Waals surface area contributed by atoms with Crippen molar-refractivity contribution in [2.45, 2.75) is 5.25 Å². The van der Waals surface area contributed by atoms with E-state index in [2.05, 4.69) is 77.8 Å². The van der Waals surface area contributed by atoms with Crippen LogP contribution in [0.25, 0.3) is 10.8 Å². The molecule has 3 aromatic rings. The summed E-state index contributed by atoms with van der Waals surface area (Å²) >= 11 is 6.32. The number of anilines is 1. The van der Waals surface area contributed by atoms with Crippen LogP contribution in [-0.4, -0.2) is 36.7 Å². The van der Waals surface area contributed by atoms with Gasteiger partial charge in [0.2, 0.25) is 0 Å². The first-order valence-corrected chi connectivity index (χ1v) is 13.5. The minimum atomic E-state index is -5.74. The molecule has 0 spiro atoms. The van der Waals surface area contributed by atoms with Gasteiger partial charge in [-0.25, -0.2) is 4.79 Å². The zero-order chi connectivity index (χ0) is 24.6. The fraction of sp³-hybridized carbons (Fsp3) is 0.100. The maximum absolute atomic E-state index is 13.4. The fourth-order valence-electron chi connectivity index (χ4n) is 2.80. The van der Waals surface area contributed by atoms with Crippen LogP contribution in [0.3, 0.4) is 0 Å². The Morgan fingerprint density at radius 3 is 2.27 bits per heavy atom. The number of alkyl halides is 2. The summed E-state index contributed by atoms with van der Waals surface area (Å²) in [5.74, 6) is -1.58. The lowest BCUT2D eigenvalue weighted by Crippen LogP contribution is -2.34. The molecule has 0 heterocycles. The topological polar surface area (TPSA) is 110 Å². The van der Waals surface area contributed by atoms with Crippen molar-refractivity contribution in [3.63, 3.8) is 0 Å². The molecule has 7 nitrogen and oxygen atoms in total. The number of carbonyl (C=O) groups is 2. The lowest BCUT2D eigenvalue weighted by Gasteiger charge is -2.15. The molecular weight excluding hydrogens is 801 g/mol. The van der Waals surface area contributed by atoms with Crippen molar-refractivity contribution in [2.75, 3.05) is 11.9 Å². The van der Waals surface area contributed by atoms with Gasteiger partial charge in [0, 0.05) is 21.8 Å². The quantitative estimate of drug-likeness (QED) is 0.147. The Morgan fingerprint density at radius 1 is 1.00 bits per heavy atom. The number of carbonyl (C=O) groups excluding carboxylic acids is 2. The van der Waals surface area contributed by atoms with Crippen LogP contribution >= 0.6 is 67.8 Å². The van der Waals surface area contributed by atoms with E-state index in [-0.39, 0.29) is 11.5 Å². The Bertz CT molecular complexity index is 1380. The molecule has 0 atom stereocenters. The first-order chi connectivity index (χ1) is 15.3. The number of nitrogens with one attached hydrogen (secondary N) is 1. The molecule has 0 saturated carbocycles. The van der Waals surface area contributed by atoms with Gasteiger partial charge in [0.05, 0.1) is 11.1 Å². The fourth-order valence-corrected chi connectivity index (χ4v) is 5.41. The number of rotatable bonds is 6. The summed E-state index contributed by atoms with van der Waals surface area (Å²) < 4.78 is 63.8. The average molecular weight is 813 g/mol. The maximum atomic E-state index is 13.4. The van der Waals surface area contributed by atoms with E-state index in [1.807, 2.05) is 6.07 Å². The van der Waals surface area contributed by atoms with Gasteiger partial charge in [-0.05, 0) is 97.4 Å². The second-order valence-corrected chi connectivity index (χ2v) is 11.6. The predicted octanol–water partition coefficient (Wildman–Crippen LogP) is 5.54. The third-order valence-electron chi connectivity index (χ3n) is 4.38. The van der Waals surface area contributed by atoms with Crippen LogP contribution < -0.4 is 5.32 Å². The molecule has 0 aliphatic heterocycles. The number of amides is 1. The molecule has 3 rings (SSSR count). The van der Waals surface area contributed by atoms with E-state index in [0.717, 1.165) is 10.7 Å². The molecule has 0 aliphatic rings. The predicted molar refractivity (Wildman–Crippen MR) is 143 cm³/mol. The minimum absolute atomic E-state index is 0.117. The van der Waals surface area contributed by atoms with Gasteiger partial charge in [0.1, 0.15) is 0 Å². The summed E-state index contributed by atoms with van der Waals surface area (Å²) in [6.45, 7) is -1.85. The highest BCUT2D eigenvalue weighted by atomic mass is 127. The summed E-state index contributed by atoms with van der Waals surface area (Å²) in [4.78, 5) is 25.3. The summed E-state index contributed by atoms with van der Waals surface area (Å²) in [6.07, 6.45) is 0. The molecule has 0 aliphatic carbocycles. The Balaban J connectivity index is 1.93. The van der Waals surface area contributed by atoms with E-state index >= 15 is 0 Å². The van der Waals surface area contributed by atoms with Gasteiger partial charge in [-0.2, -0.15) is 17.2 Å². The zero-order valence-electron chi connectivity index (χ0n) is 16.1. The second-order valence-electron chi connectivity index (χ2n) is 6.60. The molecule has 0 radical (unpaired) electrons. The van der Waals surface area contributed by atoms with Crippen LogP contribution in [0.1, 0.15) is 20.7 Å². The van der Waals surface area contributed by atoms with Crippen molar-refractivity contribution < 1.29 is 36.1 Å². The normalized spacial score (nSPS) is 11.9. The SMILES string of the molecule is O=C(Nc1ccc(C(=O)OCC(F)(F)S(=O)(=O)O)c2ccccc12)c1cc(I)cc(I)c1I. The first kappa shape index (κ1) is 26.4. The monoisotopic (exact) mass is 813 g/mol. The Morgan fingerprint density at radius 2 is 1.64 bits per heavy atom. The van der Waals surface area contributed by atoms with E-state index in [9.17, 15) is 26.8 Å². The molecule has 0 saturated heterocycles. The summed E-state index contributed by atoms with van der Waals surface area (Å²) in [6, 6.07) is 12.8. The smallest absolute Gasteiger partial charge is 0.402 e. The van der Waals surface area contributed by atoms with Crippen molar-refractivity contribution in [3.8, 4) is 0 Å². The highest BCUT2D eigenvalue weighted by Crippen LogP contribution is 2.30. The van der Waals surface area contributed by atoms with Crippen molar-refractivity contribution >= 4 is 106 Å². The highest BCUT2D eigenvalue weighted by molar-refractivity contribution is 14.1. The largest absolute Gasteiger partial charge is 0.454 e. The molecule has 1 amide bonds. The second kappa shape index (κ2) is 10.2. The van der Waals surface area contributed by atoms with Crippen LogP contribution in [0.4, 0.5) is 14.5 Å². The molecular formula is C20H12F2I3NO6S. The van der Waals surface area contributed by atoms with Gasteiger partial charge in [0.25, 0.3) is 5.91 Å². The molecule has 13 heteroatoms. The molecule has 0 unspecified atom stereocenters. The number of hydrogen-bond acceptors (Lipinski definition) is 5. The van der Waals surface area contributed by atoms with Gasteiger partial charge >= 0.3 is 21.3 Å². The van der Waals surface area contributed by atoms with Gasteiger partial charge in [-0.1, -0.05) is 24.3 Å². The molecule has 0 aromatic heterocycles. The van der Waals surface area contributed by atoms with Crippen molar-refractivity contribution in [1.29, 1.82) is 0 Å². The lowest BCUT2D eigenvalue weighted by molar-refractivity contribution is -0.00937. The summed E-state index contributed by atoms with van der Waals surface area (Å²) in [5.41, 5.74) is 0.722. The van der Waals surface area contributed by atoms with E-state index in [4.69, 9.17) is 4.55 Å². The number of fused-ring (bicyclic) bond motifs is 1. The van der Waals surface area contributed by atoms with Gasteiger partial charge in [-0.15, -0.1) is 0 Å². The molecule has 0 fully saturated rings. The maximum Gasteiger partial charge on any atom is 0.402 e. The molecule has 0 bridgehead atoms. The molecule has 174 valence electrons. The summed E-state index contributed by atoms with van der Waals surface area (Å²) in [5, 5.41) is -1.10. The van der Waals surface area contributed by atoms with Gasteiger partial charge < -0.3 is 10.1 Å². The van der Waals surface area contributed by atoms with Crippen LogP contribution in [0.2, 0.25) is 0 Å². The van der Waals surface area contributed by atoms with Crippen molar-refractivity contribution in [2.24, 2.45) is 0 Å². The number of hydrogen-bond donors (Lipinski definition) is 2. The van der Waals surface area contributed by atoms with Crippen LogP contribution in [0.15, 0.2) is 48.5 Å². The third kappa shape index (κ3) is 5.91. The minimum Gasteiger partial charge on any atom is -0.454 e. The lowest BCUT2D eigenvalue weighted by atomic mass is 10.0. The molecule has 3 aromatic carbocycles. The van der Waals surface area contributed by atoms with Crippen LogP contribution in [0, 0.1) is 10.7 Å². The Kier molecular flexibility index (Phi) is 8.17. The van der Waals surface area contributed by atoms with E-state index < -0.39 is 27.9 Å². The standard InChI is InChI=1S/C20H12F2I3NO6S/c21-20(22,33(29,30)31)9-32-19(28)13-5-6-16(12-4-2-1-3-11(12)13)26-18(27)14-7-10(23)8-15(24)17(14)25/h1-8H,9H2,(H,26,27)(H,29,30,31). The van der Waals surface area contributed by atoms with E-state index in [1.54, 1.807) is 24.3 Å². The van der Waals surface area contributed by atoms with E-state index in [0.29, 0.717) is 22.0 Å². The Hall–Kier alpha value is -1.18. The number of halogens is 5. The van der Waals surface area contributed by atoms with Crippen LogP contribution in [-0.2, 0) is 14.9 Å². The third-order valence-corrected chi connectivity index (χ3v) is 8.92. The number of ether oxygens (including phenoxy) is 1. The first-order valence-electron chi connectivity index (χ1n) is 8.81. The Labute approximate surface area is 227 Å². The molecule has 33 heavy (non-hydrogen) atoms. The zero-order valence-corrected chi connectivity index (χ0v) is 23.4. The number of benzene rings is 3. The van der Waals surface area contributed by atoms with Crippen molar-refractivity contribution in [3.05, 3.63) is 70.4 Å². The van der Waals surface area contributed by atoms with Gasteiger partial charge in [-0.3, -0.25) is 9.35 Å². The molecule has 2 N–H and O–H groups in total.